The molecule has 0 fully saturated rings. The second-order valence-electron chi connectivity index (χ2n) is 3.41. The van der Waals surface area contributed by atoms with E-state index in [0.717, 1.165) is 4.90 Å². The van der Waals surface area contributed by atoms with E-state index in [1.54, 1.807) is 0 Å². The first-order chi connectivity index (χ1) is 7.70. The Kier molecular flexibility index (Phi) is 3.74. The van der Waals surface area contributed by atoms with Crippen LogP contribution in [0.15, 0.2) is 12.1 Å². The number of pyridine rings is 1. The zero-order valence-electron chi connectivity index (χ0n) is 8.80. The summed E-state index contributed by atoms with van der Waals surface area (Å²) in [6.07, 6.45) is -7.25. The van der Waals surface area contributed by atoms with Crippen molar-refractivity contribution in [3.05, 3.63) is 17.7 Å². The molecule has 0 radical (unpaired) electrons. The largest absolute Gasteiger partial charge is 0.416 e. The van der Waals surface area contributed by atoms with Gasteiger partial charge in [-0.25, -0.2) is 13.8 Å². The number of nitrogens with two attached hydrogens (primary N) is 1. The molecular weight excluding hydrogens is 245 g/mol. The van der Waals surface area contributed by atoms with Crippen molar-refractivity contribution in [2.24, 2.45) is 0 Å². The molecule has 1 rings (SSSR count). The van der Waals surface area contributed by atoms with Gasteiger partial charge in [0, 0.05) is 7.05 Å². The van der Waals surface area contributed by atoms with Crippen molar-refractivity contribution < 1.29 is 22.0 Å². The highest BCUT2D eigenvalue weighted by molar-refractivity contribution is 5.48. The van der Waals surface area contributed by atoms with Crippen LogP contribution in [-0.2, 0) is 6.18 Å². The summed E-state index contributed by atoms with van der Waals surface area (Å²) in [6.45, 7) is -0.715. The lowest BCUT2D eigenvalue weighted by atomic mass is 10.2. The van der Waals surface area contributed by atoms with E-state index < -0.39 is 24.7 Å². The maximum atomic E-state index is 12.4. The van der Waals surface area contributed by atoms with Crippen LogP contribution >= 0.6 is 0 Å². The summed E-state index contributed by atoms with van der Waals surface area (Å²) >= 11 is 0. The van der Waals surface area contributed by atoms with E-state index in [1.807, 2.05) is 0 Å². The van der Waals surface area contributed by atoms with Crippen LogP contribution in [0.25, 0.3) is 0 Å². The number of hydrogen-bond donors (Lipinski definition) is 1. The Morgan fingerprint density at radius 3 is 2.41 bits per heavy atom. The third-order valence-electron chi connectivity index (χ3n) is 1.96. The normalized spacial score (nSPS) is 11.9. The van der Waals surface area contributed by atoms with Crippen LogP contribution in [0.5, 0.6) is 0 Å². The van der Waals surface area contributed by atoms with Gasteiger partial charge in [0.2, 0.25) is 0 Å². The fraction of sp³-hybridized carbons (Fsp3) is 0.444. The average Bonchev–Trinajstić information content (AvgIpc) is 2.14. The number of rotatable bonds is 3. The summed E-state index contributed by atoms with van der Waals surface area (Å²) in [5, 5.41) is 0. The predicted molar refractivity (Wildman–Crippen MR) is 52.9 cm³/mol. The van der Waals surface area contributed by atoms with Gasteiger partial charge < -0.3 is 10.6 Å². The molecule has 0 aliphatic rings. The molecule has 1 aromatic heterocycles. The number of halogens is 5. The first-order valence-corrected chi connectivity index (χ1v) is 4.54. The molecule has 0 aromatic carbocycles. The third kappa shape index (κ3) is 3.72. The van der Waals surface area contributed by atoms with Crippen LogP contribution in [0.4, 0.5) is 33.6 Å². The molecule has 96 valence electrons. The van der Waals surface area contributed by atoms with Crippen molar-refractivity contribution in [2.75, 3.05) is 24.2 Å². The molecule has 0 saturated carbocycles. The fourth-order valence-electron chi connectivity index (χ4n) is 1.20. The Morgan fingerprint density at radius 1 is 1.35 bits per heavy atom. The van der Waals surface area contributed by atoms with Crippen LogP contribution in [0.2, 0.25) is 0 Å². The minimum Gasteiger partial charge on any atom is -0.384 e. The van der Waals surface area contributed by atoms with Crippen molar-refractivity contribution in [3.63, 3.8) is 0 Å². The van der Waals surface area contributed by atoms with Crippen molar-refractivity contribution in [2.45, 2.75) is 12.6 Å². The monoisotopic (exact) mass is 255 g/mol. The topological polar surface area (TPSA) is 42.1 Å². The van der Waals surface area contributed by atoms with Gasteiger partial charge in [-0.1, -0.05) is 0 Å². The van der Waals surface area contributed by atoms with Gasteiger partial charge in [-0.2, -0.15) is 13.2 Å². The highest BCUT2D eigenvalue weighted by Crippen LogP contribution is 2.32. The number of nitrogens with zero attached hydrogens (tertiary/aromatic N) is 2. The number of hydrogen-bond acceptors (Lipinski definition) is 3. The van der Waals surface area contributed by atoms with E-state index in [4.69, 9.17) is 5.73 Å². The molecule has 1 heterocycles. The van der Waals surface area contributed by atoms with E-state index in [-0.39, 0.29) is 11.6 Å². The van der Waals surface area contributed by atoms with E-state index >= 15 is 0 Å². The standard InChI is InChI=1S/C9H10F5N3/c1-17(4-6(10)11)8-3-5(9(12,13)14)2-7(15)16-8/h2-3,6H,4H2,1H3,(H2,15,16). The molecule has 8 heteroatoms. The zero-order chi connectivity index (χ0) is 13.2. The smallest absolute Gasteiger partial charge is 0.384 e. The van der Waals surface area contributed by atoms with E-state index in [9.17, 15) is 22.0 Å². The number of aromatic nitrogens is 1. The maximum Gasteiger partial charge on any atom is 0.416 e. The summed E-state index contributed by atoms with van der Waals surface area (Å²) in [6, 6.07) is 1.33. The van der Waals surface area contributed by atoms with Crippen LogP contribution in [0.1, 0.15) is 5.56 Å². The first kappa shape index (κ1) is 13.5. The molecular formula is C9H10F5N3. The molecule has 2 N–H and O–H groups in total. The van der Waals surface area contributed by atoms with Gasteiger partial charge in [-0.05, 0) is 12.1 Å². The molecule has 0 amide bonds. The lowest BCUT2D eigenvalue weighted by molar-refractivity contribution is -0.137. The maximum absolute atomic E-state index is 12.4. The SMILES string of the molecule is CN(CC(F)F)c1cc(C(F)(F)F)cc(N)n1. The quantitative estimate of drug-likeness (QED) is 0.843. The van der Waals surface area contributed by atoms with E-state index in [2.05, 4.69) is 4.98 Å². The average molecular weight is 255 g/mol. The molecule has 0 atom stereocenters. The van der Waals surface area contributed by atoms with Gasteiger partial charge in [0.25, 0.3) is 6.43 Å². The van der Waals surface area contributed by atoms with Crippen molar-refractivity contribution in [1.29, 1.82) is 0 Å². The van der Waals surface area contributed by atoms with Gasteiger partial charge in [-0.3, -0.25) is 0 Å². The lowest BCUT2D eigenvalue weighted by Crippen LogP contribution is -2.25. The van der Waals surface area contributed by atoms with Gasteiger partial charge in [0.1, 0.15) is 11.6 Å². The molecule has 0 aliphatic heterocycles. The lowest BCUT2D eigenvalue weighted by Gasteiger charge is -2.19. The Balaban J connectivity index is 3.05. The van der Waals surface area contributed by atoms with Crippen molar-refractivity contribution in [1.82, 2.24) is 4.98 Å². The molecule has 0 aliphatic carbocycles. The summed E-state index contributed by atoms with van der Waals surface area (Å²) in [5.41, 5.74) is 4.19. The Morgan fingerprint density at radius 2 is 1.94 bits per heavy atom. The summed E-state index contributed by atoms with van der Waals surface area (Å²) < 4.78 is 61.4. The van der Waals surface area contributed by atoms with Crippen molar-refractivity contribution >= 4 is 11.6 Å². The van der Waals surface area contributed by atoms with Gasteiger partial charge in [0.15, 0.2) is 0 Å². The van der Waals surface area contributed by atoms with E-state index in [1.165, 1.54) is 7.05 Å². The Hall–Kier alpha value is -1.60. The highest BCUT2D eigenvalue weighted by Gasteiger charge is 2.31. The summed E-state index contributed by atoms with van der Waals surface area (Å²) in [4.78, 5) is 4.48. The molecule has 0 bridgehead atoms. The van der Waals surface area contributed by atoms with Crippen LogP contribution < -0.4 is 10.6 Å². The predicted octanol–water partition coefficient (Wildman–Crippen LogP) is 2.38. The molecule has 3 nitrogen and oxygen atoms in total. The van der Waals surface area contributed by atoms with Gasteiger partial charge in [0.05, 0.1) is 12.1 Å². The Bertz CT molecular complexity index is 391. The first-order valence-electron chi connectivity index (χ1n) is 4.54. The zero-order valence-corrected chi connectivity index (χ0v) is 8.80. The summed E-state index contributed by atoms with van der Waals surface area (Å²) in [5.74, 6) is -0.603. The highest BCUT2D eigenvalue weighted by atomic mass is 19.4. The molecule has 1 aromatic rings. The van der Waals surface area contributed by atoms with Gasteiger partial charge >= 0.3 is 6.18 Å². The van der Waals surface area contributed by atoms with Crippen molar-refractivity contribution in [3.8, 4) is 0 Å². The van der Waals surface area contributed by atoms with Gasteiger partial charge in [-0.15, -0.1) is 0 Å². The summed E-state index contributed by atoms with van der Waals surface area (Å²) in [7, 11) is 1.22. The minimum absolute atomic E-state index is 0.238. The van der Waals surface area contributed by atoms with Crippen LogP contribution in [0, 0.1) is 0 Å². The third-order valence-corrected chi connectivity index (χ3v) is 1.96. The Labute approximate surface area is 94.0 Å². The molecule has 0 spiro atoms. The van der Waals surface area contributed by atoms with E-state index in [0.29, 0.717) is 12.1 Å². The molecule has 17 heavy (non-hydrogen) atoms. The molecule has 0 saturated heterocycles. The second kappa shape index (κ2) is 4.72. The minimum atomic E-state index is -4.59. The fourth-order valence-corrected chi connectivity index (χ4v) is 1.20. The van der Waals surface area contributed by atoms with Crippen LogP contribution in [0.3, 0.4) is 0 Å². The second-order valence-corrected chi connectivity index (χ2v) is 3.41. The number of alkyl halides is 5. The van der Waals surface area contributed by atoms with Crippen LogP contribution in [-0.4, -0.2) is 25.0 Å². The number of nitrogen functional groups attached to an aromatic ring is 1. The molecule has 0 unspecified atom stereocenters. The number of anilines is 2.